The Hall–Kier alpha value is -1.96. The average Bonchev–Trinajstić information content (AvgIpc) is 3.20. The molecule has 2 aromatic rings. The number of anilines is 1. The molecule has 0 saturated heterocycles. The molecule has 122 valence electrons. The third kappa shape index (κ3) is 4.28. The molecule has 0 aliphatic heterocycles. The normalized spacial score (nSPS) is 15.0. The zero-order valence-corrected chi connectivity index (χ0v) is 13.4. The molecule has 0 bridgehead atoms. The van der Waals surface area contributed by atoms with Gasteiger partial charge in [0.15, 0.2) is 0 Å². The number of halogens is 1. The number of thioether (sulfide) groups is 1. The average molecular weight is 335 g/mol. The number of hydrogen-bond acceptors (Lipinski definition) is 5. The standard InChI is InChI=1S/C15H18FN5OS/c16-11-5-7-12(8-6-11)17-14(22)9-10-23-15-18-19-20-21(15)13-3-1-2-4-13/h5-8,13H,1-4,9-10H2,(H,17,22). The van der Waals surface area contributed by atoms with Crippen LogP contribution >= 0.6 is 11.8 Å². The van der Waals surface area contributed by atoms with Crippen molar-refractivity contribution in [2.75, 3.05) is 11.1 Å². The van der Waals surface area contributed by atoms with Gasteiger partial charge in [-0.2, -0.15) is 0 Å². The first kappa shape index (κ1) is 15.9. The zero-order valence-electron chi connectivity index (χ0n) is 12.6. The first-order chi connectivity index (χ1) is 11.2. The molecule has 1 fully saturated rings. The van der Waals surface area contributed by atoms with Crippen LogP contribution in [-0.2, 0) is 4.79 Å². The summed E-state index contributed by atoms with van der Waals surface area (Å²) < 4.78 is 14.7. The number of nitrogens with zero attached hydrogens (tertiary/aromatic N) is 4. The van der Waals surface area contributed by atoms with Crippen LogP contribution in [0.4, 0.5) is 10.1 Å². The van der Waals surface area contributed by atoms with Crippen LogP contribution in [0.25, 0.3) is 0 Å². The van der Waals surface area contributed by atoms with Crippen molar-refractivity contribution in [2.45, 2.75) is 43.3 Å². The molecular weight excluding hydrogens is 317 g/mol. The van der Waals surface area contributed by atoms with E-state index < -0.39 is 0 Å². The number of rotatable bonds is 6. The van der Waals surface area contributed by atoms with Crippen LogP contribution in [0.3, 0.4) is 0 Å². The monoisotopic (exact) mass is 335 g/mol. The van der Waals surface area contributed by atoms with Crippen LogP contribution in [0.15, 0.2) is 29.4 Å². The van der Waals surface area contributed by atoms with E-state index in [1.807, 2.05) is 4.68 Å². The number of amides is 1. The van der Waals surface area contributed by atoms with Crippen LogP contribution in [0.1, 0.15) is 38.1 Å². The number of tetrazole rings is 1. The Labute approximate surface area is 137 Å². The van der Waals surface area contributed by atoms with Gasteiger partial charge in [-0.25, -0.2) is 9.07 Å². The molecule has 1 amide bonds. The maximum Gasteiger partial charge on any atom is 0.225 e. The van der Waals surface area contributed by atoms with Crippen LogP contribution in [0, 0.1) is 5.82 Å². The minimum absolute atomic E-state index is 0.107. The van der Waals surface area contributed by atoms with Gasteiger partial charge in [0.25, 0.3) is 0 Å². The molecule has 0 atom stereocenters. The fourth-order valence-corrected chi connectivity index (χ4v) is 3.53. The molecule has 1 heterocycles. The van der Waals surface area contributed by atoms with E-state index in [9.17, 15) is 9.18 Å². The van der Waals surface area contributed by atoms with Gasteiger partial charge < -0.3 is 5.32 Å². The number of benzene rings is 1. The summed E-state index contributed by atoms with van der Waals surface area (Å²) in [5, 5.41) is 15.4. The highest BCUT2D eigenvalue weighted by atomic mass is 32.2. The van der Waals surface area contributed by atoms with Crippen molar-refractivity contribution < 1.29 is 9.18 Å². The van der Waals surface area contributed by atoms with Gasteiger partial charge in [0.05, 0.1) is 6.04 Å². The summed E-state index contributed by atoms with van der Waals surface area (Å²) in [6.45, 7) is 0. The first-order valence-electron chi connectivity index (χ1n) is 7.68. The predicted molar refractivity (Wildman–Crippen MR) is 85.7 cm³/mol. The van der Waals surface area contributed by atoms with E-state index in [-0.39, 0.29) is 11.7 Å². The molecular formula is C15H18FN5OS. The van der Waals surface area contributed by atoms with Gasteiger partial charge in [-0.3, -0.25) is 4.79 Å². The smallest absolute Gasteiger partial charge is 0.225 e. The van der Waals surface area contributed by atoms with E-state index >= 15 is 0 Å². The molecule has 1 aromatic carbocycles. The van der Waals surface area contributed by atoms with Crippen molar-refractivity contribution in [2.24, 2.45) is 0 Å². The number of aromatic nitrogens is 4. The van der Waals surface area contributed by atoms with Gasteiger partial charge >= 0.3 is 0 Å². The fourth-order valence-electron chi connectivity index (χ4n) is 2.65. The lowest BCUT2D eigenvalue weighted by atomic mass is 10.3. The molecule has 1 aromatic heterocycles. The van der Waals surface area contributed by atoms with Gasteiger partial charge in [0, 0.05) is 17.9 Å². The Balaban J connectivity index is 1.47. The molecule has 0 spiro atoms. The second-order valence-corrected chi connectivity index (χ2v) is 6.56. The van der Waals surface area contributed by atoms with Gasteiger partial charge in [0.1, 0.15) is 5.82 Å². The van der Waals surface area contributed by atoms with Crippen molar-refractivity contribution in [1.82, 2.24) is 20.2 Å². The van der Waals surface area contributed by atoms with Gasteiger partial charge in [-0.15, -0.1) is 5.10 Å². The fraction of sp³-hybridized carbons (Fsp3) is 0.467. The van der Waals surface area contributed by atoms with Gasteiger partial charge in [0.2, 0.25) is 11.1 Å². The highest BCUT2D eigenvalue weighted by molar-refractivity contribution is 7.99. The topological polar surface area (TPSA) is 72.7 Å². The predicted octanol–water partition coefficient (Wildman–Crippen LogP) is 3.05. The summed E-state index contributed by atoms with van der Waals surface area (Å²) in [5.41, 5.74) is 0.595. The lowest BCUT2D eigenvalue weighted by Crippen LogP contribution is -2.13. The van der Waals surface area contributed by atoms with Crippen molar-refractivity contribution in [1.29, 1.82) is 0 Å². The third-order valence-corrected chi connectivity index (χ3v) is 4.76. The quantitative estimate of drug-likeness (QED) is 0.822. The molecule has 1 saturated carbocycles. The van der Waals surface area contributed by atoms with E-state index in [4.69, 9.17) is 0 Å². The van der Waals surface area contributed by atoms with Crippen LogP contribution in [-0.4, -0.2) is 31.9 Å². The van der Waals surface area contributed by atoms with Crippen molar-refractivity contribution >= 4 is 23.4 Å². The second kappa shape index (κ2) is 7.54. The van der Waals surface area contributed by atoms with Crippen LogP contribution in [0.5, 0.6) is 0 Å². The van der Waals surface area contributed by atoms with E-state index in [0.29, 0.717) is 23.9 Å². The molecule has 0 unspecified atom stereocenters. The highest BCUT2D eigenvalue weighted by Crippen LogP contribution is 2.31. The van der Waals surface area contributed by atoms with Crippen LogP contribution < -0.4 is 5.32 Å². The second-order valence-electron chi connectivity index (χ2n) is 5.50. The summed E-state index contributed by atoms with van der Waals surface area (Å²) in [4.78, 5) is 11.9. The summed E-state index contributed by atoms with van der Waals surface area (Å²) >= 11 is 1.49. The lowest BCUT2D eigenvalue weighted by molar-refractivity contribution is -0.115. The highest BCUT2D eigenvalue weighted by Gasteiger charge is 2.21. The zero-order chi connectivity index (χ0) is 16.1. The summed E-state index contributed by atoms with van der Waals surface area (Å²) in [5.74, 6) is 0.168. The number of nitrogens with one attached hydrogen (secondary N) is 1. The maximum atomic E-state index is 12.8. The summed E-state index contributed by atoms with van der Waals surface area (Å²) in [7, 11) is 0. The van der Waals surface area contributed by atoms with Crippen molar-refractivity contribution in [3.05, 3.63) is 30.1 Å². The van der Waals surface area contributed by atoms with E-state index in [2.05, 4.69) is 20.8 Å². The first-order valence-corrected chi connectivity index (χ1v) is 8.67. The molecule has 1 aliphatic rings. The molecule has 1 aliphatic carbocycles. The van der Waals surface area contributed by atoms with E-state index in [1.54, 1.807) is 12.1 Å². The molecule has 1 N–H and O–H groups in total. The SMILES string of the molecule is O=C(CCSc1nnnn1C1CCCC1)Nc1ccc(F)cc1. The Morgan fingerprint density at radius 2 is 2.04 bits per heavy atom. The molecule has 6 nitrogen and oxygen atoms in total. The molecule has 3 rings (SSSR count). The Kier molecular flexibility index (Phi) is 5.22. The minimum atomic E-state index is -0.322. The number of carbonyl (C=O) groups excluding carboxylic acids is 1. The molecule has 8 heteroatoms. The third-order valence-electron chi connectivity index (χ3n) is 3.82. The van der Waals surface area contributed by atoms with Crippen molar-refractivity contribution in [3.8, 4) is 0 Å². The van der Waals surface area contributed by atoms with E-state index in [0.717, 1.165) is 18.0 Å². The molecule has 0 radical (unpaired) electrons. The van der Waals surface area contributed by atoms with Gasteiger partial charge in [-0.1, -0.05) is 24.6 Å². The van der Waals surface area contributed by atoms with Crippen LogP contribution in [0.2, 0.25) is 0 Å². The molecule has 23 heavy (non-hydrogen) atoms. The summed E-state index contributed by atoms with van der Waals surface area (Å²) in [6.07, 6.45) is 5.01. The van der Waals surface area contributed by atoms with Gasteiger partial charge in [-0.05, 0) is 47.5 Å². The Morgan fingerprint density at radius 1 is 1.30 bits per heavy atom. The Bertz CT molecular complexity index is 654. The van der Waals surface area contributed by atoms with Crippen molar-refractivity contribution in [3.63, 3.8) is 0 Å². The van der Waals surface area contributed by atoms with E-state index in [1.165, 1.54) is 36.7 Å². The Morgan fingerprint density at radius 3 is 2.78 bits per heavy atom. The summed E-state index contributed by atoms with van der Waals surface area (Å²) in [6, 6.07) is 6.11. The lowest BCUT2D eigenvalue weighted by Gasteiger charge is -2.10. The largest absolute Gasteiger partial charge is 0.326 e. The number of carbonyl (C=O) groups is 1. The minimum Gasteiger partial charge on any atom is -0.326 e. The maximum absolute atomic E-state index is 12.8. The number of hydrogen-bond donors (Lipinski definition) is 1.